The van der Waals surface area contributed by atoms with Gasteiger partial charge in [0.1, 0.15) is 0 Å². The number of ketones is 1. The van der Waals surface area contributed by atoms with E-state index in [-0.39, 0.29) is 5.78 Å². The average molecular weight is 140 g/mol. The molecule has 1 fully saturated rings. The third-order valence-corrected chi connectivity index (χ3v) is 1.78. The summed E-state index contributed by atoms with van der Waals surface area (Å²) >= 11 is 0. The zero-order valence-electron chi connectivity index (χ0n) is 5.50. The summed E-state index contributed by atoms with van der Waals surface area (Å²) in [6.45, 7) is 1.07. The molecule has 0 aromatic heterocycles. The van der Waals surface area contributed by atoms with E-state index >= 15 is 0 Å². The van der Waals surface area contributed by atoms with Gasteiger partial charge >= 0.3 is 0 Å². The topological polar surface area (TPSA) is 35.5 Å². The normalized spacial score (nSPS) is 28.6. The minimum Gasteiger partial charge on any atom is -0.341 e. The third kappa shape index (κ3) is 0.646. The lowest BCUT2D eigenvalue weighted by atomic mass is 10.2. The number of rotatable bonds is 0. The Bertz CT molecular complexity index is 189. The smallest absolute Gasteiger partial charge is 0.236 e. The van der Waals surface area contributed by atoms with Crippen LogP contribution in [-0.2, 0) is 14.3 Å². The Hall–Kier alpha value is -0.670. The first-order valence-corrected chi connectivity index (χ1v) is 3.32. The zero-order chi connectivity index (χ0) is 7.03. The highest BCUT2D eigenvalue weighted by Crippen LogP contribution is 2.29. The Morgan fingerprint density at radius 3 is 2.60 bits per heavy atom. The molecule has 0 bridgehead atoms. The molecule has 0 N–H and O–H groups in total. The second kappa shape index (κ2) is 1.90. The van der Waals surface area contributed by atoms with Crippen LogP contribution in [0.15, 0.2) is 12.2 Å². The molecule has 1 aliphatic carbocycles. The Kier molecular flexibility index (Phi) is 1.16. The Balaban J connectivity index is 2.23. The lowest BCUT2D eigenvalue weighted by Gasteiger charge is -2.18. The molecule has 1 aliphatic heterocycles. The minimum atomic E-state index is -0.903. The summed E-state index contributed by atoms with van der Waals surface area (Å²) in [6, 6.07) is 0. The van der Waals surface area contributed by atoms with Gasteiger partial charge in [-0.25, -0.2) is 0 Å². The molecule has 0 aromatic carbocycles. The summed E-state index contributed by atoms with van der Waals surface area (Å²) < 4.78 is 10.4. The lowest BCUT2D eigenvalue weighted by Crippen LogP contribution is -2.34. The van der Waals surface area contributed by atoms with E-state index in [1.807, 2.05) is 0 Å². The van der Waals surface area contributed by atoms with Crippen LogP contribution in [0.25, 0.3) is 0 Å². The second-order valence-electron chi connectivity index (χ2n) is 2.42. The molecule has 0 amide bonds. The van der Waals surface area contributed by atoms with E-state index in [2.05, 4.69) is 0 Å². The Morgan fingerprint density at radius 2 is 2.10 bits per heavy atom. The summed E-state index contributed by atoms with van der Waals surface area (Å²) in [7, 11) is 0. The van der Waals surface area contributed by atoms with E-state index in [0.717, 1.165) is 0 Å². The van der Waals surface area contributed by atoms with Gasteiger partial charge in [-0.1, -0.05) is 6.08 Å². The molecule has 1 spiro atoms. The van der Waals surface area contributed by atoms with Gasteiger partial charge in [0.05, 0.1) is 13.2 Å². The van der Waals surface area contributed by atoms with E-state index in [9.17, 15) is 4.79 Å². The van der Waals surface area contributed by atoms with Crippen LogP contribution < -0.4 is 0 Å². The fourth-order valence-electron chi connectivity index (χ4n) is 1.26. The van der Waals surface area contributed by atoms with Gasteiger partial charge in [0.2, 0.25) is 11.6 Å². The predicted octanol–water partition coefficient (Wildman–Crippen LogP) is 0.258. The van der Waals surface area contributed by atoms with Crippen molar-refractivity contribution in [1.29, 1.82) is 0 Å². The van der Waals surface area contributed by atoms with Crippen molar-refractivity contribution in [2.75, 3.05) is 13.2 Å². The molecular weight excluding hydrogens is 132 g/mol. The van der Waals surface area contributed by atoms with Crippen LogP contribution in [0.5, 0.6) is 0 Å². The van der Waals surface area contributed by atoms with Crippen LogP contribution in [0.3, 0.4) is 0 Å². The summed E-state index contributed by atoms with van der Waals surface area (Å²) in [5.41, 5.74) is 0. The quantitative estimate of drug-likeness (QED) is 0.484. The van der Waals surface area contributed by atoms with Gasteiger partial charge in [-0.05, 0) is 6.08 Å². The number of ether oxygens (including phenoxy) is 2. The van der Waals surface area contributed by atoms with Gasteiger partial charge < -0.3 is 9.47 Å². The fourth-order valence-corrected chi connectivity index (χ4v) is 1.26. The van der Waals surface area contributed by atoms with Crippen molar-refractivity contribution in [2.24, 2.45) is 0 Å². The van der Waals surface area contributed by atoms with Crippen LogP contribution in [0.4, 0.5) is 0 Å². The van der Waals surface area contributed by atoms with Gasteiger partial charge in [-0.3, -0.25) is 4.79 Å². The molecule has 3 nitrogen and oxygen atoms in total. The van der Waals surface area contributed by atoms with E-state index in [0.29, 0.717) is 19.6 Å². The van der Waals surface area contributed by atoms with Gasteiger partial charge in [0, 0.05) is 6.42 Å². The van der Waals surface area contributed by atoms with E-state index in [1.54, 1.807) is 6.08 Å². The van der Waals surface area contributed by atoms with E-state index in [4.69, 9.17) is 9.47 Å². The molecule has 1 heterocycles. The van der Waals surface area contributed by atoms with Crippen molar-refractivity contribution in [3.8, 4) is 0 Å². The highest BCUT2D eigenvalue weighted by Gasteiger charge is 2.44. The fraction of sp³-hybridized carbons (Fsp3) is 0.571. The van der Waals surface area contributed by atoms with Crippen LogP contribution >= 0.6 is 0 Å². The van der Waals surface area contributed by atoms with E-state index < -0.39 is 5.79 Å². The SMILES string of the molecule is O=C1C=CCC12OCCO2. The van der Waals surface area contributed by atoms with Crippen LogP contribution in [0, 0.1) is 0 Å². The molecule has 54 valence electrons. The maximum atomic E-state index is 11.1. The highest BCUT2D eigenvalue weighted by atomic mass is 16.7. The Morgan fingerprint density at radius 1 is 1.40 bits per heavy atom. The highest BCUT2D eigenvalue weighted by molar-refractivity contribution is 5.98. The van der Waals surface area contributed by atoms with Gasteiger partial charge in [0.25, 0.3) is 0 Å². The standard InChI is InChI=1S/C7H8O3/c8-6-2-1-3-7(6)9-4-5-10-7/h1-2H,3-5H2. The molecule has 2 aliphatic rings. The number of carbonyl (C=O) groups is 1. The summed E-state index contributed by atoms with van der Waals surface area (Å²) in [6.07, 6.45) is 3.88. The number of carbonyl (C=O) groups excluding carboxylic acids is 1. The molecule has 3 heteroatoms. The number of hydrogen-bond donors (Lipinski definition) is 0. The van der Waals surface area contributed by atoms with Gasteiger partial charge in [-0.15, -0.1) is 0 Å². The van der Waals surface area contributed by atoms with Crippen molar-refractivity contribution >= 4 is 5.78 Å². The molecule has 0 saturated carbocycles. The molecule has 0 unspecified atom stereocenters. The first-order chi connectivity index (χ1) is 4.83. The second-order valence-corrected chi connectivity index (χ2v) is 2.42. The molecular formula is C7H8O3. The maximum Gasteiger partial charge on any atom is 0.236 e. The van der Waals surface area contributed by atoms with Crippen molar-refractivity contribution in [3.05, 3.63) is 12.2 Å². The molecule has 0 aromatic rings. The summed E-state index contributed by atoms with van der Waals surface area (Å²) in [5.74, 6) is -0.954. The zero-order valence-corrected chi connectivity index (χ0v) is 5.50. The first-order valence-electron chi connectivity index (χ1n) is 3.32. The van der Waals surface area contributed by atoms with Crippen molar-refractivity contribution in [3.63, 3.8) is 0 Å². The van der Waals surface area contributed by atoms with Gasteiger partial charge in [0.15, 0.2) is 0 Å². The van der Waals surface area contributed by atoms with Crippen molar-refractivity contribution < 1.29 is 14.3 Å². The number of hydrogen-bond acceptors (Lipinski definition) is 3. The van der Waals surface area contributed by atoms with Crippen LogP contribution in [0.1, 0.15) is 6.42 Å². The molecule has 10 heavy (non-hydrogen) atoms. The molecule has 1 saturated heterocycles. The van der Waals surface area contributed by atoms with Crippen LogP contribution in [0.2, 0.25) is 0 Å². The largest absolute Gasteiger partial charge is 0.341 e. The van der Waals surface area contributed by atoms with Crippen LogP contribution in [-0.4, -0.2) is 24.8 Å². The van der Waals surface area contributed by atoms with E-state index in [1.165, 1.54) is 6.08 Å². The third-order valence-electron chi connectivity index (χ3n) is 1.78. The predicted molar refractivity (Wildman–Crippen MR) is 33.4 cm³/mol. The molecule has 2 rings (SSSR count). The average Bonchev–Trinajstić information content (AvgIpc) is 2.48. The van der Waals surface area contributed by atoms with Crippen molar-refractivity contribution in [1.82, 2.24) is 0 Å². The summed E-state index contributed by atoms with van der Waals surface area (Å²) in [4.78, 5) is 11.1. The first kappa shape index (κ1) is 6.07. The lowest BCUT2D eigenvalue weighted by molar-refractivity contribution is -0.171. The Labute approximate surface area is 58.6 Å². The van der Waals surface area contributed by atoms with Crippen molar-refractivity contribution in [2.45, 2.75) is 12.2 Å². The maximum absolute atomic E-state index is 11.1. The minimum absolute atomic E-state index is 0.0509. The summed E-state index contributed by atoms with van der Waals surface area (Å²) in [5, 5.41) is 0. The molecule has 0 radical (unpaired) electrons. The van der Waals surface area contributed by atoms with Gasteiger partial charge in [-0.2, -0.15) is 0 Å². The monoisotopic (exact) mass is 140 g/mol. The molecule has 0 atom stereocenters.